The Labute approximate surface area is 297 Å². The van der Waals surface area contributed by atoms with E-state index >= 15 is 0 Å². The molecule has 10 atom stereocenters. The SMILES string of the molecule is C=C1[C@H](OC(C)=O)[C@@H](OC(C)=O)[C@@H](OC(C)=O)C(C)(C)/C=C/[C@H](C)C(=O)[C@@]2(O)C[C@@](C)(OC(=O)c3cccnc3)[C@H](O)[C@@H]2[C@H]1OC(=O)[C@@H](C)CC. The molecule has 51 heavy (non-hydrogen) atoms. The lowest BCUT2D eigenvalue weighted by Gasteiger charge is -2.43. The first-order valence-corrected chi connectivity index (χ1v) is 16.8. The van der Waals surface area contributed by atoms with Gasteiger partial charge in [0.25, 0.3) is 0 Å². The summed E-state index contributed by atoms with van der Waals surface area (Å²) in [5.41, 5.74) is -6.08. The van der Waals surface area contributed by atoms with Crippen LogP contribution >= 0.6 is 0 Å². The molecule has 2 aliphatic carbocycles. The Hall–Kier alpha value is -4.43. The molecule has 0 aromatic carbocycles. The van der Waals surface area contributed by atoms with Crippen LogP contribution in [0.15, 0.2) is 48.8 Å². The minimum absolute atomic E-state index is 0.0217. The summed E-state index contributed by atoms with van der Waals surface area (Å²) >= 11 is 0. The Kier molecular flexibility index (Phi) is 12.7. The molecule has 14 heteroatoms. The van der Waals surface area contributed by atoms with Gasteiger partial charge in [-0.2, -0.15) is 0 Å². The average molecular weight is 716 g/mol. The Morgan fingerprint density at radius 1 is 1.00 bits per heavy atom. The number of esters is 5. The third kappa shape index (κ3) is 8.90. The number of fused-ring (bicyclic) bond motifs is 1. The van der Waals surface area contributed by atoms with Crippen molar-refractivity contribution in [3.63, 3.8) is 0 Å². The first-order valence-electron chi connectivity index (χ1n) is 16.8. The second-order valence-electron chi connectivity index (χ2n) is 14.2. The van der Waals surface area contributed by atoms with E-state index in [1.54, 1.807) is 27.7 Å². The van der Waals surface area contributed by atoms with Gasteiger partial charge < -0.3 is 33.9 Å². The average Bonchev–Trinajstić information content (AvgIpc) is 3.25. The van der Waals surface area contributed by atoms with E-state index in [9.17, 15) is 39.0 Å². The van der Waals surface area contributed by atoms with Gasteiger partial charge in [-0.3, -0.25) is 29.0 Å². The first kappa shape index (κ1) is 41.0. The van der Waals surface area contributed by atoms with E-state index in [2.05, 4.69) is 11.6 Å². The van der Waals surface area contributed by atoms with Gasteiger partial charge in [0.05, 0.1) is 17.4 Å². The summed E-state index contributed by atoms with van der Waals surface area (Å²) in [6.45, 7) is 16.7. The second kappa shape index (κ2) is 15.9. The fourth-order valence-corrected chi connectivity index (χ4v) is 6.66. The predicted octanol–water partition coefficient (Wildman–Crippen LogP) is 3.22. The zero-order valence-corrected chi connectivity index (χ0v) is 30.5. The quantitative estimate of drug-likeness (QED) is 0.226. The highest BCUT2D eigenvalue weighted by atomic mass is 16.6. The number of carbonyl (C=O) groups is 6. The number of aliphatic hydroxyl groups is 2. The van der Waals surface area contributed by atoms with Gasteiger partial charge in [-0.25, -0.2) is 4.79 Å². The predicted molar refractivity (Wildman–Crippen MR) is 179 cm³/mol. The summed E-state index contributed by atoms with van der Waals surface area (Å²) in [5, 5.41) is 24.7. The number of rotatable bonds is 8. The number of ether oxygens (including phenoxy) is 5. The largest absolute Gasteiger partial charge is 0.458 e. The van der Waals surface area contributed by atoms with Gasteiger partial charge in [0.15, 0.2) is 24.1 Å². The van der Waals surface area contributed by atoms with Crippen molar-refractivity contribution in [1.29, 1.82) is 0 Å². The number of nitrogens with zero attached hydrogens (tertiary/aromatic N) is 1. The number of aromatic nitrogens is 1. The lowest BCUT2D eigenvalue weighted by molar-refractivity contribution is -0.191. The van der Waals surface area contributed by atoms with Gasteiger partial charge in [0, 0.05) is 56.5 Å². The number of hydrogen-bond donors (Lipinski definition) is 2. The van der Waals surface area contributed by atoms with Crippen LogP contribution < -0.4 is 0 Å². The molecule has 0 spiro atoms. The molecule has 0 radical (unpaired) electrons. The molecule has 1 saturated carbocycles. The molecule has 280 valence electrons. The molecule has 0 amide bonds. The molecule has 0 saturated heterocycles. The van der Waals surface area contributed by atoms with Crippen molar-refractivity contribution in [3.8, 4) is 0 Å². The topological polar surface area (TPSA) is 202 Å². The maximum absolute atomic E-state index is 14.4. The van der Waals surface area contributed by atoms with Crippen molar-refractivity contribution in [2.45, 2.75) is 117 Å². The molecule has 2 N–H and O–H groups in total. The number of aliphatic hydroxyl groups excluding tert-OH is 1. The monoisotopic (exact) mass is 715 g/mol. The lowest BCUT2D eigenvalue weighted by Crippen LogP contribution is -2.58. The molecule has 1 aromatic rings. The van der Waals surface area contributed by atoms with Crippen molar-refractivity contribution in [2.24, 2.45) is 23.2 Å². The molecular formula is C37H49NO13. The van der Waals surface area contributed by atoms with Crippen LogP contribution in [0.5, 0.6) is 0 Å². The summed E-state index contributed by atoms with van der Waals surface area (Å²) in [4.78, 5) is 83.0. The summed E-state index contributed by atoms with van der Waals surface area (Å²) in [5.74, 6) is -8.74. The molecule has 3 rings (SSSR count). The molecular weight excluding hydrogens is 666 g/mol. The van der Waals surface area contributed by atoms with Crippen LogP contribution in [0.4, 0.5) is 0 Å². The minimum atomic E-state index is -2.56. The molecule has 14 nitrogen and oxygen atoms in total. The molecule has 2 aliphatic rings. The van der Waals surface area contributed by atoms with Crippen LogP contribution in [-0.4, -0.2) is 92.5 Å². The number of carbonyl (C=O) groups excluding carboxylic acids is 6. The first-order chi connectivity index (χ1) is 23.6. The Morgan fingerprint density at radius 2 is 1.61 bits per heavy atom. The van der Waals surface area contributed by atoms with Crippen molar-refractivity contribution < 1.29 is 62.7 Å². The van der Waals surface area contributed by atoms with Crippen LogP contribution in [0, 0.1) is 23.2 Å². The smallest absolute Gasteiger partial charge is 0.340 e. The van der Waals surface area contributed by atoms with Gasteiger partial charge >= 0.3 is 29.8 Å². The standard InChI is InChI=1S/C37H49NO13/c1-11-19(2)33(44)50-27-21(4)28(47-22(5)39)29(48-23(6)40)32(49-24(7)41)35(8,9)15-14-20(3)30(42)37(46)18-36(10,31(43)26(27)37)51-34(45)25-13-12-16-38-17-25/h12-17,19-20,26-29,31-32,43,46H,4,11,18H2,1-3,5-10H3/b15-14+/t19-,20-,26-,27-,28-,29+,31+,32+,36+,37+/m0/s1. The van der Waals surface area contributed by atoms with E-state index in [-0.39, 0.29) is 11.1 Å². The van der Waals surface area contributed by atoms with E-state index in [0.717, 1.165) is 20.8 Å². The Bertz CT molecular complexity index is 1550. The molecule has 0 bridgehead atoms. The Balaban J connectivity index is 2.40. The zero-order valence-electron chi connectivity index (χ0n) is 30.5. The molecule has 0 unspecified atom stereocenters. The highest BCUT2D eigenvalue weighted by molar-refractivity contribution is 5.92. The number of Topliss-reactive ketones (excluding diaryl/α,β-unsaturated/α-hetero) is 1. The van der Waals surface area contributed by atoms with Crippen LogP contribution in [0.2, 0.25) is 0 Å². The molecule has 0 aliphatic heterocycles. The van der Waals surface area contributed by atoms with Crippen molar-refractivity contribution in [1.82, 2.24) is 4.98 Å². The maximum atomic E-state index is 14.4. The van der Waals surface area contributed by atoms with E-state index in [1.807, 2.05) is 0 Å². The van der Waals surface area contributed by atoms with Crippen LogP contribution in [-0.2, 0) is 47.7 Å². The third-order valence-corrected chi connectivity index (χ3v) is 9.55. The zero-order chi connectivity index (χ0) is 38.6. The van der Waals surface area contributed by atoms with E-state index in [1.165, 1.54) is 50.5 Å². The minimum Gasteiger partial charge on any atom is -0.458 e. The van der Waals surface area contributed by atoms with E-state index < -0.39 is 107 Å². The highest BCUT2D eigenvalue weighted by Gasteiger charge is 2.68. The number of ketones is 1. The van der Waals surface area contributed by atoms with Crippen LogP contribution in [0.1, 0.15) is 85.5 Å². The molecule has 1 fully saturated rings. The van der Waals surface area contributed by atoms with Gasteiger partial charge in [0.1, 0.15) is 23.4 Å². The number of allylic oxidation sites excluding steroid dienone is 1. The maximum Gasteiger partial charge on any atom is 0.340 e. The van der Waals surface area contributed by atoms with Gasteiger partial charge in [0.2, 0.25) is 0 Å². The van der Waals surface area contributed by atoms with Crippen molar-refractivity contribution >= 4 is 35.6 Å². The van der Waals surface area contributed by atoms with Gasteiger partial charge in [-0.1, -0.05) is 53.3 Å². The Morgan fingerprint density at radius 3 is 2.14 bits per heavy atom. The lowest BCUT2D eigenvalue weighted by atomic mass is 9.72. The van der Waals surface area contributed by atoms with Gasteiger partial charge in [-0.05, 0) is 25.5 Å². The number of hydrogen-bond acceptors (Lipinski definition) is 14. The van der Waals surface area contributed by atoms with Crippen molar-refractivity contribution in [3.05, 3.63) is 54.4 Å². The van der Waals surface area contributed by atoms with Crippen molar-refractivity contribution in [2.75, 3.05) is 0 Å². The molecule has 1 aromatic heterocycles. The summed E-state index contributed by atoms with van der Waals surface area (Å²) in [7, 11) is 0. The fraction of sp³-hybridized carbons (Fsp3) is 0.595. The number of pyridine rings is 1. The summed E-state index contributed by atoms with van der Waals surface area (Å²) in [6, 6.07) is 2.92. The normalized spacial score (nSPS) is 33.3. The van der Waals surface area contributed by atoms with Crippen LogP contribution in [0.25, 0.3) is 0 Å². The molecule has 1 heterocycles. The fourth-order valence-electron chi connectivity index (χ4n) is 6.66. The van der Waals surface area contributed by atoms with E-state index in [0.29, 0.717) is 6.42 Å². The summed E-state index contributed by atoms with van der Waals surface area (Å²) in [6.07, 6.45) is -3.20. The van der Waals surface area contributed by atoms with Crippen LogP contribution in [0.3, 0.4) is 0 Å². The third-order valence-electron chi connectivity index (χ3n) is 9.55. The van der Waals surface area contributed by atoms with E-state index in [4.69, 9.17) is 23.7 Å². The second-order valence-corrected chi connectivity index (χ2v) is 14.2. The highest BCUT2D eigenvalue weighted by Crippen LogP contribution is 2.51. The van der Waals surface area contributed by atoms with Gasteiger partial charge in [-0.15, -0.1) is 0 Å². The summed E-state index contributed by atoms with van der Waals surface area (Å²) < 4.78 is 28.9.